The summed E-state index contributed by atoms with van der Waals surface area (Å²) in [5.74, 6) is -1.29. The molecule has 0 fully saturated rings. The highest BCUT2D eigenvalue weighted by Gasteiger charge is 2.12. The molecule has 0 unspecified atom stereocenters. The minimum Gasteiger partial charge on any atom is -0.480 e. The van der Waals surface area contributed by atoms with Crippen molar-refractivity contribution in [2.45, 2.75) is 25.8 Å². The fourth-order valence-electron chi connectivity index (χ4n) is 0.752. The van der Waals surface area contributed by atoms with Crippen LogP contribution in [0.5, 0.6) is 0 Å². The Kier molecular flexibility index (Phi) is 5.88. The zero-order chi connectivity index (χ0) is 10.3. The Labute approximate surface area is 77.1 Å². The molecule has 0 bridgehead atoms. The molecule has 0 aromatic heterocycles. The highest BCUT2D eigenvalue weighted by molar-refractivity contribution is 5.83. The molecule has 0 radical (unpaired) electrons. The first kappa shape index (κ1) is 11.9. The van der Waals surface area contributed by atoms with E-state index in [1.54, 1.807) is 7.11 Å². The molecule has 1 amide bonds. The second-order valence-corrected chi connectivity index (χ2v) is 2.72. The van der Waals surface area contributed by atoms with Crippen LogP contribution in [0.4, 0.5) is 0 Å². The van der Waals surface area contributed by atoms with Crippen molar-refractivity contribution in [3.63, 3.8) is 0 Å². The SMILES string of the molecule is COCCCC(=O)N[C@@H](C)C(=O)O. The van der Waals surface area contributed by atoms with E-state index < -0.39 is 12.0 Å². The number of nitrogens with one attached hydrogen (secondary N) is 1. The van der Waals surface area contributed by atoms with Gasteiger partial charge in [-0.05, 0) is 13.3 Å². The van der Waals surface area contributed by atoms with Crippen LogP contribution in [0.25, 0.3) is 0 Å². The number of amides is 1. The smallest absolute Gasteiger partial charge is 0.325 e. The predicted molar refractivity (Wildman–Crippen MR) is 46.4 cm³/mol. The summed E-state index contributed by atoms with van der Waals surface area (Å²) in [4.78, 5) is 21.3. The lowest BCUT2D eigenvalue weighted by Crippen LogP contribution is -2.38. The molecule has 0 rings (SSSR count). The lowest BCUT2D eigenvalue weighted by atomic mass is 10.2. The Morgan fingerprint density at radius 1 is 1.54 bits per heavy atom. The van der Waals surface area contributed by atoms with Crippen molar-refractivity contribution in [3.05, 3.63) is 0 Å². The zero-order valence-corrected chi connectivity index (χ0v) is 7.87. The number of carbonyl (C=O) groups is 2. The second kappa shape index (κ2) is 6.42. The van der Waals surface area contributed by atoms with Gasteiger partial charge in [0.2, 0.25) is 5.91 Å². The summed E-state index contributed by atoms with van der Waals surface area (Å²) in [5.41, 5.74) is 0. The molecule has 0 aliphatic heterocycles. The maximum atomic E-state index is 11.0. The Morgan fingerprint density at radius 2 is 2.15 bits per heavy atom. The van der Waals surface area contributed by atoms with Gasteiger partial charge in [-0.3, -0.25) is 9.59 Å². The Bertz CT molecular complexity index is 181. The van der Waals surface area contributed by atoms with E-state index in [1.165, 1.54) is 6.92 Å². The molecule has 0 aliphatic rings. The van der Waals surface area contributed by atoms with Crippen LogP contribution in [0.15, 0.2) is 0 Å². The van der Waals surface area contributed by atoms with E-state index in [1.807, 2.05) is 0 Å². The monoisotopic (exact) mass is 189 g/mol. The summed E-state index contributed by atoms with van der Waals surface area (Å²) in [6.07, 6.45) is 0.903. The molecule has 0 saturated carbocycles. The number of methoxy groups -OCH3 is 1. The van der Waals surface area contributed by atoms with Crippen LogP contribution < -0.4 is 5.32 Å². The second-order valence-electron chi connectivity index (χ2n) is 2.72. The number of aliphatic carboxylic acids is 1. The Morgan fingerprint density at radius 3 is 2.62 bits per heavy atom. The van der Waals surface area contributed by atoms with Crippen LogP contribution in [-0.2, 0) is 14.3 Å². The molecular formula is C8H15NO4. The minimum absolute atomic E-state index is 0.257. The van der Waals surface area contributed by atoms with E-state index in [4.69, 9.17) is 9.84 Å². The largest absolute Gasteiger partial charge is 0.480 e. The topological polar surface area (TPSA) is 75.6 Å². The van der Waals surface area contributed by atoms with Gasteiger partial charge >= 0.3 is 5.97 Å². The van der Waals surface area contributed by atoms with Crippen molar-refractivity contribution in [2.24, 2.45) is 0 Å². The summed E-state index contributed by atoms with van der Waals surface area (Å²) in [7, 11) is 1.55. The van der Waals surface area contributed by atoms with E-state index in [2.05, 4.69) is 5.32 Å². The summed E-state index contributed by atoms with van der Waals surface area (Å²) >= 11 is 0. The number of hydrogen-bond donors (Lipinski definition) is 2. The Hall–Kier alpha value is -1.10. The fraction of sp³-hybridized carbons (Fsp3) is 0.750. The molecule has 0 heterocycles. The quantitative estimate of drug-likeness (QED) is 0.577. The van der Waals surface area contributed by atoms with Crippen molar-refractivity contribution < 1.29 is 19.4 Å². The molecule has 0 aliphatic carbocycles. The van der Waals surface area contributed by atoms with Crippen molar-refractivity contribution in [1.82, 2.24) is 5.32 Å². The van der Waals surface area contributed by atoms with Crippen LogP contribution in [0.3, 0.4) is 0 Å². The van der Waals surface area contributed by atoms with Gasteiger partial charge in [-0.2, -0.15) is 0 Å². The van der Waals surface area contributed by atoms with Crippen molar-refractivity contribution >= 4 is 11.9 Å². The molecule has 5 nitrogen and oxygen atoms in total. The van der Waals surface area contributed by atoms with E-state index >= 15 is 0 Å². The molecular weight excluding hydrogens is 174 g/mol. The molecule has 5 heteroatoms. The summed E-state index contributed by atoms with van der Waals surface area (Å²) in [6.45, 7) is 1.94. The van der Waals surface area contributed by atoms with Crippen LogP contribution in [0, 0.1) is 0 Å². The average Bonchev–Trinajstić information content (AvgIpc) is 2.04. The summed E-state index contributed by atoms with van der Waals surface area (Å²) < 4.78 is 4.75. The van der Waals surface area contributed by atoms with Crippen molar-refractivity contribution in [2.75, 3.05) is 13.7 Å². The van der Waals surface area contributed by atoms with Crippen LogP contribution in [0.1, 0.15) is 19.8 Å². The van der Waals surface area contributed by atoms with E-state index in [9.17, 15) is 9.59 Å². The summed E-state index contributed by atoms with van der Waals surface area (Å²) in [5, 5.41) is 10.8. The van der Waals surface area contributed by atoms with E-state index in [-0.39, 0.29) is 5.91 Å². The first-order valence-corrected chi connectivity index (χ1v) is 4.09. The van der Waals surface area contributed by atoms with Crippen LogP contribution in [-0.4, -0.2) is 36.7 Å². The Balaban J connectivity index is 3.56. The van der Waals surface area contributed by atoms with Gasteiger partial charge in [0.05, 0.1) is 0 Å². The van der Waals surface area contributed by atoms with Crippen molar-refractivity contribution in [1.29, 1.82) is 0 Å². The number of rotatable bonds is 6. The number of carbonyl (C=O) groups excluding carboxylic acids is 1. The first-order chi connectivity index (χ1) is 6.07. The number of carboxylic acids is 1. The summed E-state index contributed by atoms with van der Waals surface area (Å²) in [6, 6.07) is -0.824. The number of hydrogen-bond acceptors (Lipinski definition) is 3. The zero-order valence-electron chi connectivity index (χ0n) is 7.87. The molecule has 0 aromatic carbocycles. The van der Waals surface area contributed by atoms with Gasteiger partial charge in [-0.15, -0.1) is 0 Å². The predicted octanol–water partition coefficient (Wildman–Crippen LogP) is 0.00230. The molecule has 13 heavy (non-hydrogen) atoms. The van der Waals surface area contributed by atoms with Crippen LogP contribution >= 0.6 is 0 Å². The molecule has 0 saturated heterocycles. The van der Waals surface area contributed by atoms with Gasteiger partial charge in [-0.25, -0.2) is 0 Å². The fourth-order valence-corrected chi connectivity index (χ4v) is 0.752. The highest BCUT2D eigenvalue weighted by Crippen LogP contribution is 1.91. The molecule has 76 valence electrons. The van der Waals surface area contributed by atoms with Gasteiger partial charge in [0, 0.05) is 20.1 Å². The van der Waals surface area contributed by atoms with Gasteiger partial charge < -0.3 is 15.2 Å². The third-order valence-electron chi connectivity index (χ3n) is 1.50. The average molecular weight is 189 g/mol. The van der Waals surface area contributed by atoms with Gasteiger partial charge in [-0.1, -0.05) is 0 Å². The van der Waals surface area contributed by atoms with Gasteiger partial charge in [0.1, 0.15) is 6.04 Å². The van der Waals surface area contributed by atoms with Gasteiger partial charge in [0.15, 0.2) is 0 Å². The van der Waals surface area contributed by atoms with E-state index in [0.717, 1.165) is 0 Å². The minimum atomic E-state index is -1.03. The van der Waals surface area contributed by atoms with E-state index in [0.29, 0.717) is 19.4 Å². The molecule has 0 aromatic rings. The molecule has 2 N–H and O–H groups in total. The third kappa shape index (κ3) is 6.10. The molecule has 0 spiro atoms. The maximum absolute atomic E-state index is 11.0. The standard InChI is InChI=1S/C8H15NO4/c1-6(8(11)12)9-7(10)4-3-5-13-2/h6H,3-5H2,1-2H3,(H,9,10)(H,11,12)/t6-/m0/s1. The van der Waals surface area contributed by atoms with Crippen molar-refractivity contribution in [3.8, 4) is 0 Å². The maximum Gasteiger partial charge on any atom is 0.325 e. The van der Waals surface area contributed by atoms with Crippen LogP contribution in [0.2, 0.25) is 0 Å². The molecule has 1 atom stereocenters. The lowest BCUT2D eigenvalue weighted by molar-refractivity contribution is -0.141. The van der Waals surface area contributed by atoms with Gasteiger partial charge in [0.25, 0.3) is 0 Å². The number of ether oxygens (including phenoxy) is 1. The number of carboxylic acid groups (broad SMARTS) is 1. The highest BCUT2D eigenvalue weighted by atomic mass is 16.5. The lowest BCUT2D eigenvalue weighted by Gasteiger charge is -2.08. The first-order valence-electron chi connectivity index (χ1n) is 4.09. The third-order valence-corrected chi connectivity index (χ3v) is 1.50. The normalized spacial score (nSPS) is 12.2.